The van der Waals surface area contributed by atoms with E-state index in [4.69, 9.17) is 0 Å². The number of carbonyl (C=O) groups excluding carboxylic acids is 1. The van der Waals surface area contributed by atoms with Crippen LogP contribution in [0.3, 0.4) is 0 Å². The first kappa shape index (κ1) is 17.0. The summed E-state index contributed by atoms with van der Waals surface area (Å²) in [6.07, 6.45) is 4.07. The molecule has 1 heterocycles. The first-order chi connectivity index (χ1) is 10.6. The minimum absolute atomic E-state index is 0.277. The second-order valence-corrected chi connectivity index (χ2v) is 6.44. The SMILES string of the molecule is CN(C)CCN(Cc1ccccc1)C(=O)CCC1CCCN1. The van der Waals surface area contributed by atoms with Gasteiger partial charge in [0.25, 0.3) is 0 Å². The van der Waals surface area contributed by atoms with E-state index in [0.29, 0.717) is 19.0 Å². The van der Waals surface area contributed by atoms with E-state index in [2.05, 4.69) is 22.3 Å². The lowest BCUT2D eigenvalue weighted by Crippen LogP contribution is -2.37. The van der Waals surface area contributed by atoms with Crippen molar-refractivity contribution in [2.75, 3.05) is 33.7 Å². The predicted molar refractivity (Wildman–Crippen MR) is 90.7 cm³/mol. The maximum atomic E-state index is 12.6. The van der Waals surface area contributed by atoms with Crippen LogP contribution >= 0.6 is 0 Å². The summed E-state index contributed by atoms with van der Waals surface area (Å²) in [4.78, 5) is 16.7. The highest BCUT2D eigenvalue weighted by atomic mass is 16.2. The number of nitrogens with zero attached hydrogens (tertiary/aromatic N) is 2. The molecule has 1 amide bonds. The summed E-state index contributed by atoms with van der Waals surface area (Å²) < 4.78 is 0. The zero-order valence-electron chi connectivity index (χ0n) is 13.9. The molecule has 1 atom stereocenters. The van der Waals surface area contributed by atoms with Crippen LogP contribution in [0.1, 0.15) is 31.2 Å². The number of carbonyl (C=O) groups is 1. The van der Waals surface area contributed by atoms with Crippen molar-refractivity contribution in [3.8, 4) is 0 Å². The van der Waals surface area contributed by atoms with Gasteiger partial charge in [0.1, 0.15) is 0 Å². The maximum Gasteiger partial charge on any atom is 0.222 e. The Labute approximate surface area is 134 Å². The predicted octanol–water partition coefficient (Wildman–Crippen LogP) is 2.11. The number of likely N-dealkylation sites (N-methyl/N-ethyl adjacent to an activating group) is 1. The van der Waals surface area contributed by atoms with Gasteiger partial charge >= 0.3 is 0 Å². The molecule has 1 saturated heterocycles. The number of amides is 1. The van der Waals surface area contributed by atoms with Crippen LogP contribution in [0.4, 0.5) is 0 Å². The van der Waals surface area contributed by atoms with Crippen molar-refractivity contribution >= 4 is 5.91 Å². The van der Waals surface area contributed by atoms with Crippen LogP contribution in [0, 0.1) is 0 Å². The van der Waals surface area contributed by atoms with Crippen molar-refractivity contribution in [2.45, 2.75) is 38.3 Å². The van der Waals surface area contributed by atoms with Crippen molar-refractivity contribution in [3.63, 3.8) is 0 Å². The molecule has 0 radical (unpaired) electrons. The summed E-state index contributed by atoms with van der Waals surface area (Å²) in [5.74, 6) is 0.277. The molecule has 1 unspecified atom stereocenters. The van der Waals surface area contributed by atoms with Crippen molar-refractivity contribution in [1.29, 1.82) is 0 Å². The molecule has 0 saturated carbocycles. The molecule has 0 aromatic heterocycles. The Balaban J connectivity index is 1.88. The van der Waals surface area contributed by atoms with Crippen LogP contribution in [-0.4, -0.2) is 55.5 Å². The zero-order valence-corrected chi connectivity index (χ0v) is 13.9. The Hall–Kier alpha value is -1.39. The molecule has 1 aliphatic heterocycles. The quantitative estimate of drug-likeness (QED) is 0.799. The van der Waals surface area contributed by atoms with E-state index in [1.54, 1.807) is 0 Å². The fourth-order valence-electron chi connectivity index (χ4n) is 2.88. The fraction of sp³-hybridized carbons (Fsp3) is 0.611. The molecule has 1 aromatic rings. The molecule has 4 nitrogen and oxygen atoms in total. The number of benzene rings is 1. The molecule has 1 aromatic carbocycles. The maximum absolute atomic E-state index is 12.6. The Kier molecular flexibility index (Phi) is 6.87. The molecule has 0 bridgehead atoms. The van der Waals surface area contributed by atoms with Gasteiger partial charge in [0.05, 0.1) is 0 Å². The summed E-state index contributed by atoms with van der Waals surface area (Å²) in [6, 6.07) is 10.8. The number of nitrogens with one attached hydrogen (secondary N) is 1. The summed E-state index contributed by atoms with van der Waals surface area (Å²) >= 11 is 0. The van der Waals surface area contributed by atoms with Gasteiger partial charge in [0.15, 0.2) is 0 Å². The summed E-state index contributed by atoms with van der Waals surface area (Å²) in [7, 11) is 4.10. The molecular weight excluding hydrogens is 274 g/mol. The third-order valence-electron chi connectivity index (χ3n) is 4.26. The van der Waals surface area contributed by atoms with Crippen LogP contribution in [-0.2, 0) is 11.3 Å². The van der Waals surface area contributed by atoms with Crippen LogP contribution in [0.25, 0.3) is 0 Å². The highest BCUT2D eigenvalue weighted by Crippen LogP contribution is 2.13. The van der Waals surface area contributed by atoms with E-state index >= 15 is 0 Å². The van der Waals surface area contributed by atoms with Gasteiger partial charge in [-0.3, -0.25) is 4.79 Å². The van der Waals surface area contributed by atoms with E-state index in [-0.39, 0.29) is 5.91 Å². The van der Waals surface area contributed by atoms with Gasteiger partial charge in [-0.25, -0.2) is 0 Å². The Morgan fingerprint density at radius 2 is 2.00 bits per heavy atom. The highest BCUT2D eigenvalue weighted by Gasteiger charge is 2.19. The average Bonchev–Trinajstić information content (AvgIpc) is 3.03. The first-order valence-corrected chi connectivity index (χ1v) is 8.35. The van der Waals surface area contributed by atoms with Crippen LogP contribution < -0.4 is 5.32 Å². The summed E-state index contributed by atoms with van der Waals surface area (Å²) in [5.41, 5.74) is 1.20. The molecule has 22 heavy (non-hydrogen) atoms. The zero-order chi connectivity index (χ0) is 15.8. The van der Waals surface area contributed by atoms with Gasteiger partial charge in [-0.2, -0.15) is 0 Å². The van der Waals surface area contributed by atoms with Gasteiger partial charge in [0, 0.05) is 32.1 Å². The largest absolute Gasteiger partial charge is 0.337 e. The Bertz CT molecular complexity index is 441. The van der Waals surface area contributed by atoms with Crippen LogP contribution in [0.15, 0.2) is 30.3 Å². The first-order valence-electron chi connectivity index (χ1n) is 8.35. The van der Waals surface area contributed by atoms with E-state index in [1.165, 1.54) is 18.4 Å². The molecule has 1 N–H and O–H groups in total. The number of rotatable bonds is 8. The Morgan fingerprint density at radius 3 is 2.64 bits per heavy atom. The molecule has 1 aliphatic rings. The monoisotopic (exact) mass is 303 g/mol. The molecule has 122 valence electrons. The van der Waals surface area contributed by atoms with Crippen LogP contribution in [0.5, 0.6) is 0 Å². The lowest BCUT2D eigenvalue weighted by atomic mass is 10.1. The second kappa shape index (κ2) is 8.91. The minimum Gasteiger partial charge on any atom is -0.337 e. The van der Waals surface area contributed by atoms with Crippen LogP contribution in [0.2, 0.25) is 0 Å². The van der Waals surface area contributed by atoms with Gasteiger partial charge in [0.2, 0.25) is 5.91 Å². The number of hydrogen-bond acceptors (Lipinski definition) is 3. The van der Waals surface area contributed by atoms with Gasteiger partial charge in [-0.1, -0.05) is 30.3 Å². The lowest BCUT2D eigenvalue weighted by Gasteiger charge is -2.25. The molecule has 4 heteroatoms. The molecule has 0 aliphatic carbocycles. The topological polar surface area (TPSA) is 35.6 Å². The van der Waals surface area contributed by atoms with E-state index in [9.17, 15) is 4.79 Å². The van der Waals surface area contributed by atoms with Crippen molar-refractivity contribution in [3.05, 3.63) is 35.9 Å². The van der Waals surface area contributed by atoms with Crippen molar-refractivity contribution in [2.24, 2.45) is 0 Å². The van der Waals surface area contributed by atoms with E-state index in [0.717, 1.165) is 26.1 Å². The summed E-state index contributed by atoms with van der Waals surface area (Å²) in [5, 5.41) is 3.47. The van der Waals surface area contributed by atoms with E-state index in [1.807, 2.05) is 37.2 Å². The second-order valence-electron chi connectivity index (χ2n) is 6.44. The minimum atomic E-state index is 0.277. The number of hydrogen-bond donors (Lipinski definition) is 1. The normalized spacial score (nSPS) is 17.9. The van der Waals surface area contributed by atoms with Gasteiger partial charge < -0.3 is 15.1 Å². The lowest BCUT2D eigenvalue weighted by molar-refractivity contribution is -0.132. The fourth-order valence-corrected chi connectivity index (χ4v) is 2.88. The average molecular weight is 303 g/mol. The third-order valence-corrected chi connectivity index (χ3v) is 4.26. The van der Waals surface area contributed by atoms with Crippen molar-refractivity contribution in [1.82, 2.24) is 15.1 Å². The molecular formula is C18H29N3O. The molecule has 0 spiro atoms. The van der Waals surface area contributed by atoms with Crippen molar-refractivity contribution < 1.29 is 4.79 Å². The standard InChI is InChI=1S/C18H29N3O/c1-20(2)13-14-21(15-16-7-4-3-5-8-16)18(22)11-10-17-9-6-12-19-17/h3-5,7-8,17,19H,6,9-15H2,1-2H3. The van der Waals surface area contributed by atoms with E-state index < -0.39 is 0 Å². The smallest absolute Gasteiger partial charge is 0.222 e. The Morgan fingerprint density at radius 1 is 1.23 bits per heavy atom. The summed E-state index contributed by atoms with van der Waals surface area (Å²) in [6.45, 7) is 3.51. The third kappa shape index (κ3) is 5.78. The van der Waals surface area contributed by atoms with Gasteiger partial charge in [-0.15, -0.1) is 0 Å². The molecule has 2 rings (SSSR count). The molecule has 1 fully saturated rings. The van der Waals surface area contributed by atoms with Gasteiger partial charge in [-0.05, 0) is 45.5 Å². The highest BCUT2D eigenvalue weighted by molar-refractivity contribution is 5.76.